The van der Waals surface area contributed by atoms with Crippen molar-refractivity contribution in [2.24, 2.45) is 0 Å². The van der Waals surface area contributed by atoms with Gasteiger partial charge in [0.2, 0.25) is 0 Å². The minimum absolute atomic E-state index is 0.119. The maximum atomic E-state index is 11.7. The largest absolute Gasteiger partial charge is 0.449 e. The van der Waals surface area contributed by atoms with E-state index in [0.717, 1.165) is 6.42 Å². The van der Waals surface area contributed by atoms with Gasteiger partial charge < -0.3 is 9.64 Å². The van der Waals surface area contributed by atoms with Crippen LogP contribution in [0.3, 0.4) is 0 Å². The monoisotopic (exact) mass is 325 g/mol. The molecule has 1 aromatic heterocycles. The first-order valence-electron chi connectivity index (χ1n) is 7.98. The summed E-state index contributed by atoms with van der Waals surface area (Å²) in [6.45, 7) is 16.5. The van der Waals surface area contributed by atoms with E-state index in [-0.39, 0.29) is 16.9 Å². The van der Waals surface area contributed by atoms with Gasteiger partial charge in [-0.1, -0.05) is 41.5 Å². The lowest BCUT2D eigenvalue weighted by molar-refractivity contribution is 0.114. The van der Waals surface area contributed by atoms with Crippen LogP contribution in [0.2, 0.25) is 0 Å². The number of rotatable bonds is 4. The third-order valence-corrected chi connectivity index (χ3v) is 5.64. The average molecular weight is 326 g/mol. The molecule has 1 amide bonds. The molecule has 0 aromatic carbocycles. The van der Waals surface area contributed by atoms with E-state index >= 15 is 0 Å². The molecule has 0 unspecified atom stereocenters. The zero-order chi connectivity index (χ0) is 17.1. The molecule has 0 aliphatic carbocycles. The van der Waals surface area contributed by atoms with E-state index in [9.17, 15) is 4.79 Å². The highest BCUT2D eigenvalue weighted by atomic mass is 32.1. The molecule has 0 aliphatic heterocycles. The topological polar surface area (TPSA) is 29.5 Å². The first-order valence-corrected chi connectivity index (χ1v) is 8.80. The molecule has 1 heterocycles. The Balaban J connectivity index is 2.85. The SMILES string of the molecule is CCN(C)C(=O)OCCc1cc(C(C)(C)C)sc1C(C)(C)C. The molecular formula is C18H31NO2S. The quantitative estimate of drug-likeness (QED) is 0.782. The summed E-state index contributed by atoms with van der Waals surface area (Å²) in [5.41, 5.74) is 1.59. The van der Waals surface area contributed by atoms with E-state index in [1.807, 2.05) is 18.3 Å². The van der Waals surface area contributed by atoms with Crippen molar-refractivity contribution in [1.82, 2.24) is 4.90 Å². The van der Waals surface area contributed by atoms with Gasteiger partial charge in [-0.05, 0) is 29.4 Å². The van der Waals surface area contributed by atoms with Crippen LogP contribution >= 0.6 is 11.3 Å². The summed E-state index contributed by atoms with van der Waals surface area (Å²) in [6, 6.07) is 2.29. The van der Waals surface area contributed by atoms with Crippen LogP contribution in [-0.4, -0.2) is 31.2 Å². The molecule has 0 saturated heterocycles. The fraction of sp³-hybridized carbons (Fsp3) is 0.722. The van der Waals surface area contributed by atoms with E-state index in [1.165, 1.54) is 15.3 Å². The predicted octanol–water partition coefficient (Wildman–Crippen LogP) is 4.97. The summed E-state index contributed by atoms with van der Waals surface area (Å²) in [4.78, 5) is 16.1. The van der Waals surface area contributed by atoms with Crippen LogP contribution in [0.1, 0.15) is 63.8 Å². The molecule has 126 valence electrons. The Kier molecular flexibility index (Phi) is 6.08. The zero-order valence-corrected chi connectivity index (χ0v) is 16.2. The predicted molar refractivity (Wildman–Crippen MR) is 95.1 cm³/mol. The van der Waals surface area contributed by atoms with E-state index in [0.29, 0.717) is 13.2 Å². The van der Waals surface area contributed by atoms with Crippen molar-refractivity contribution in [2.45, 2.75) is 65.7 Å². The van der Waals surface area contributed by atoms with Crippen LogP contribution in [0.25, 0.3) is 0 Å². The van der Waals surface area contributed by atoms with Crippen LogP contribution in [0, 0.1) is 0 Å². The van der Waals surface area contributed by atoms with Crippen LogP contribution in [0.15, 0.2) is 6.07 Å². The lowest BCUT2D eigenvalue weighted by Gasteiger charge is -2.20. The number of hydrogen-bond acceptors (Lipinski definition) is 3. The summed E-state index contributed by atoms with van der Waals surface area (Å²) in [5.74, 6) is 0. The van der Waals surface area contributed by atoms with Gasteiger partial charge in [0.1, 0.15) is 0 Å². The average Bonchev–Trinajstić information content (AvgIpc) is 2.81. The summed E-state index contributed by atoms with van der Waals surface area (Å²) < 4.78 is 5.35. The summed E-state index contributed by atoms with van der Waals surface area (Å²) >= 11 is 1.89. The first kappa shape index (κ1) is 19.0. The van der Waals surface area contributed by atoms with Gasteiger partial charge in [0.05, 0.1) is 6.61 Å². The summed E-state index contributed by atoms with van der Waals surface area (Å²) in [5, 5.41) is 0. The molecule has 0 fully saturated rings. The molecule has 1 aromatic rings. The summed E-state index contributed by atoms with van der Waals surface area (Å²) in [6.07, 6.45) is 0.536. The molecule has 0 radical (unpaired) electrons. The number of amides is 1. The van der Waals surface area contributed by atoms with Gasteiger partial charge in [0.25, 0.3) is 0 Å². The van der Waals surface area contributed by atoms with Gasteiger partial charge in [-0.15, -0.1) is 11.3 Å². The number of nitrogens with zero attached hydrogens (tertiary/aromatic N) is 1. The minimum atomic E-state index is -0.244. The third kappa shape index (κ3) is 5.01. The molecule has 0 aliphatic rings. The van der Waals surface area contributed by atoms with Crippen molar-refractivity contribution in [2.75, 3.05) is 20.2 Å². The van der Waals surface area contributed by atoms with Gasteiger partial charge in [-0.2, -0.15) is 0 Å². The fourth-order valence-electron chi connectivity index (χ4n) is 2.11. The Morgan fingerprint density at radius 1 is 1.18 bits per heavy atom. The van der Waals surface area contributed by atoms with Gasteiger partial charge in [-0.3, -0.25) is 0 Å². The second-order valence-corrected chi connectivity index (χ2v) is 8.90. The standard InChI is InChI=1S/C18H31NO2S/c1-9-19(8)16(20)21-11-10-13-12-14(17(2,3)4)22-15(13)18(5,6)7/h12H,9-11H2,1-8H3. The van der Waals surface area contributed by atoms with Crippen molar-refractivity contribution >= 4 is 17.4 Å². The Morgan fingerprint density at radius 3 is 2.23 bits per heavy atom. The molecular weight excluding hydrogens is 294 g/mol. The maximum absolute atomic E-state index is 11.7. The van der Waals surface area contributed by atoms with Gasteiger partial charge in [-0.25, -0.2) is 4.79 Å². The second kappa shape index (κ2) is 7.03. The minimum Gasteiger partial charge on any atom is -0.449 e. The number of ether oxygens (including phenoxy) is 1. The van der Waals surface area contributed by atoms with E-state index < -0.39 is 0 Å². The molecule has 0 spiro atoms. The maximum Gasteiger partial charge on any atom is 0.409 e. The molecule has 22 heavy (non-hydrogen) atoms. The highest BCUT2D eigenvalue weighted by Gasteiger charge is 2.25. The van der Waals surface area contributed by atoms with E-state index in [4.69, 9.17) is 4.74 Å². The van der Waals surface area contributed by atoms with Crippen molar-refractivity contribution < 1.29 is 9.53 Å². The third-order valence-electron chi connectivity index (χ3n) is 3.61. The van der Waals surface area contributed by atoms with Crippen LogP contribution < -0.4 is 0 Å². The van der Waals surface area contributed by atoms with Crippen LogP contribution in [0.5, 0.6) is 0 Å². The zero-order valence-electron chi connectivity index (χ0n) is 15.4. The Labute approximate surface area is 139 Å². The van der Waals surface area contributed by atoms with Crippen molar-refractivity contribution in [3.63, 3.8) is 0 Å². The normalized spacial score (nSPS) is 12.4. The molecule has 0 bridgehead atoms. The second-order valence-electron chi connectivity index (χ2n) is 7.84. The molecule has 3 nitrogen and oxygen atoms in total. The van der Waals surface area contributed by atoms with Gasteiger partial charge >= 0.3 is 6.09 Å². The lowest BCUT2D eigenvalue weighted by Crippen LogP contribution is -2.27. The van der Waals surface area contributed by atoms with Crippen LogP contribution in [0.4, 0.5) is 4.79 Å². The number of carbonyl (C=O) groups excluding carboxylic acids is 1. The highest BCUT2D eigenvalue weighted by molar-refractivity contribution is 7.12. The Hall–Kier alpha value is -1.03. The molecule has 4 heteroatoms. The van der Waals surface area contributed by atoms with E-state index in [1.54, 1.807) is 11.9 Å². The number of thiophene rings is 1. The molecule has 1 rings (SSSR count). The lowest BCUT2D eigenvalue weighted by atomic mass is 9.89. The fourth-order valence-corrected chi connectivity index (χ4v) is 3.43. The van der Waals surface area contributed by atoms with Gasteiger partial charge in [0, 0.05) is 29.8 Å². The highest BCUT2D eigenvalue weighted by Crippen LogP contribution is 2.39. The number of hydrogen-bond donors (Lipinski definition) is 0. The van der Waals surface area contributed by atoms with Crippen molar-refractivity contribution in [3.8, 4) is 0 Å². The molecule has 0 N–H and O–H groups in total. The Morgan fingerprint density at radius 2 is 1.77 bits per heavy atom. The van der Waals surface area contributed by atoms with Crippen molar-refractivity contribution in [3.05, 3.63) is 21.4 Å². The smallest absolute Gasteiger partial charge is 0.409 e. The molecule has 0 saturated carbocycles. The Bertz CT molecular complexity index is 506. The van der Waals surface area contributed by atoms with Crippen LogP contribution in [-0.2, 0) is 22.0 Å². The molecule has 0 atom stereocenters. The van der Waals surface area contributed by atoms with Gasteiger partial charge in [0.15, 0.2) is 0 Å². The number of carbonyl (C=O) groups is 1. The first-order chi connectivity index (χ1) is 9.96. The van der Waals surface area contributed by atoms with Crippen molar-refractivity contribution in [1.29, 1.82) is 0 Å². The van der Waals surface area contributed by atoms with E-state index in [2.05, 4.69) is 47.6 Å². The summed E-state index contributed by atoms with van der Waals surface area (Å²) in [7, 11) is 1.76.